The van der Waals surface area contributed by atoms with Gasteiger partial charge in [-0.3, -0.25) is 4.79 Å². The van der Waals surface area contributed by atoms with Crippen LogP contribution < -0.4 is 0 Å². The summed E-state index contributed by atoms with van der Waals surface area (Å²) in [6.45, 7) is 8.75. The van der Waals surface area contributed by atoms with Crippen LogP contribution in [-0.2, 0) is 9.53 Å². The van der Waals surface area contributed by atoms with E-state index in [0.717, 1.165) is 56.9 Å². The SMILES string of the molecule is C=C1C2CCC3C4(C)CCCC(C)(C(=O)O)C4CCC3(C2)C1OC(=O)c1ccccc1. The van der Waals surface area contributed by atoms with Crippen molar-refractivity contribution in [2.24, 2.45) is 34.0 Å². The minimum atomic E-state index is -0.655. The van der Waals surface area contributed by atoms with Gasteiger partial charge in [0.05, 0.1) is 11.0 Å². The summed E-state index contributed by atoms with van der Waals surface area (Å²) in [6.07, 6.45) is 7.58. The Bertz CT molecular complexity index is 922. The number of esters is 1. The van der Waals surface area contributed by atoms with E-state index in [4.69, 9.17) is 4.74 Å². The topological polar surface area (TPSA) is 63.6 Å². The zero-order chi connectivity index (χ0) is 22.0. The first-order valence-electron chi connectivity index (χ1n) is 11.9. The largest absolute Gasteiger partial charge is 0.481 e. The highest BCUT2D eigenvalue weighted by Gasteiger charge is 2.68. The molecule has 4 aliphatic carbocycles. The Kier molecular flexibility index (Phi) is 4.66. The highest BCUT2D eigenvalue weighted by molar-refractivity contribution is 5.89. The van der Waals surface area contributed by atoms with Crippen LogP contribution in [0.1, 0.15) is 75.6 Å². The fourth-order valence-electron chi connectivity index (χ4n) is 8.53. The molecule has 4 saturated carbocycles. The van der Waals surface area contributed by atoms with E-state index in [9.17, 15) is 14.7 Å². The highest BCUT2D eigenvalue weighted by atomic mass is 16.5. The Morgan fingerprint density at radius 1 is 1.03 bits per heavy atom. The molecule has 0 heterocycles. The second-order valence-electron chi connectivity index (χ2n) is 11.2. The Morgan fingerprint density at radius 2 is 1.77 bits per heavy atom. The summed E-state index contributed by atoms with van der Waals surface area (Å²) in [5.41, 5.74) is 0.895. The predicted octanol–water partition coefficient (Wildman–Crippen LogP) is 5.88. The number of fused-ring (bicyclic) bond motifs is 3. The minimum Gasteiger partial charge on any atom is -0.481 e. The molecule has 5 rings (SSSR count). The molecule has 0 aliphatic heterocycles. The van der Waals surface area contributed by atoms with E-state index in [-0.39, 0.29) is 28.8 Å². The third-order valence-corrected chi connectivity index (χ3v) is 9.90. The molecule has 1 aromatic rings. The standard InChI is InChI=1S/C27H34O4/c1-17-19-10-11-21-25(2)13-7-14-26(3,24(29)30)20(25)12-15-27(21,16-19)22(17)31-23(28)18-8-5-4-6-9-18/h4-6,8-9,19-22H,1,7,10-16H2,2-3H3,(H,29,30). The van der Waals surface area contributed by atoms with Crippen LogP contribution in [0.2, 0.25) is 0 Å². The maximum atomic E-state index is 13.0. The molecule has 4 nitrogen and oxygen atoms in total. The maximum absolute atomic E-state index is 13.0. The zero-order valence-corrected chi connectivity index (χ0v) is 18.7. The summed E-state index contributed by atoms with van der Waals surface area (Å²) in [5, 5.41) is 10.1. The molecule has 31 heavy (non-hydrogen) atoms. The predicted molar refractivity (Wildman–Crippen MR) is 118 cm³/mol. The van der Waals surface area contributed by atoms with Crippen molar-refractivity contribution in [3.63, 3.8) is 0 Å². The van der Waals surface area contributed by atoms with Crippen LogP contribution in [-0.4, -0.2) is 23.1 Å². The van der Waals surface area contributed by atoms with Crippen LogP contribution >= 0.6 is 0 Å². The maximum Gasteiger partial charge on any atom is 0.338 e. The van der Waals surface area contributed by atoms with Crippen molar-refractivity contribution in [3.05, 3.63) is 48.0 Å². The van der Waals surface area contributed by atoms with Gasteiger partial charge in [0, 0.05) is 5.41 Å². The van der Waals surface area contributed by atoms with Gasteiger partial charge >= 0.3 is 11.9 Å². The van der Waals surface area contributed by atoms with Crippen molar-refractivity contribution in [1.29, 1.82) is 0 Å². The van der Waals surface area contributed by atoms with E-state index in [1.807, 2.05) is 25.1 Å². The second kappa shape index (κ2) is 6.95. The number of benzene rings is 1. The third kappa shape index (κ3) is 2.79. The van der Waals surface area contributed by atoms with Gasteiger partial charge in [0.2, 0.25) is 0 Å². The van der Waals surface area contributed by atoms with Crippen LogP contribution in [0.25, 0.3) is 0 Å². The van der Waals surface area contributed by atoms with Crippen molar-refractivity contribution < 1.29 is 19.4 Å². The van der Waals surface area contributed by atoms with E-state index < -0.39 is 11.4 Å². The first-order chi connectivity index (χ1) is 14.7. The average molecular weight is 423 g/mol. The van der Waals surface area contributed by atoms with Gasteiger partial charge in [0.25, 0.3) is 0 Å². The number of hydrogen-bond acceptors (Lipinski definition) is 3. The lowest BCUT2D eigenvalue weighted by atomic mass is 9.40. The minimum absolute atomic E-state index is 0.0311. The van der Waals surface area contributed by atoms with Gasteiger partial charge < -0.3 is 9.84 Å². The lowest BCUT2D eigenvalue weighted by molar-refractivity contribution is -0.190. The lowest BCUT2D eigenvalue weighted by Crippen LogP contribution is -2.60. The van der Waals surface area contributed by atoms with Gasteiger partial charge in [-0.1, -0.05) is 38.1 Å². The monoisotopic (exact) mass is 422 g/mol. The zero-order valence-electron chi connectivity index (χ0n) is 18.7. The summed E-state index contributed by atoms with van der Waals surface area (Å²) >= 11 is 0. The molecule has 7 atom stereocenters. The molecule has 1 aromatic carbocycles. The Balaban J connectivity index is 1.51. The van der Waals surface area contributed by atoms with Gasteiger partial charge in [-0.2, -0.15) is 0 Å². The van der Waals surface area contributed by atoms with Crippen molar-refractivity contribution in [2.45, 2.75) is 71.3 Å². The smallest absolute Gasteiger partial charge is 0.338 e. The van der Waals surface area contributed by atoms with Gasteiger partial charge in [-0.25, -0.2) is 4.79 Å². The summed E-state index contributed by atoms with van der Waals surface area (Å²) < 4.78 is 6.25. The van der Waals surface area contributed by atoms with E-state index in [2.05, 4.69) is 13.5 Å². The van der Waals surface area contributed by atoms with Crippen LogP contribution in [0.4, 0.5) is 0 Å². The normalized spacial score (nSPS) is 43.6. The van der Waals surface area contributed by atoms with E-state index in [1.165, 1.54) is 0 Å². The molecule has 1 spiro atoms. The van der Waals surface area contributed by atoms with Gasteiger partial charge in [-0.15, -0.1) is 0 Å². The van der Waals surface area contributed by atoms with Crippen LogP contribution in [0.15, 0.2) is 42.5 Å². The Labute approximate surface area is 185 Å². The van der Waals surface area contributed by atoms with Crippen molar-refractivity contribution >= 4 is 11.9 Å². The van der Waals surface area contributed by atoms with E-state index in [1.54, 1.807) is 12.1 Å². The number of rotatable bonds is 3. The number of carbonyl (C=O) groups is 2. The molecule has 4 heteroatoms. The van der Waals surface area contributed by atoms with Crippen molar-refractivity contribution in [1.82, 2.24) is 0 Å². The molecule has 1 N–H and O–H groups in total. The first-order valence-corrected chi connectivity index (χ1v) is 11.9. The average Bonchev–Trinajstić information content (AvgIpc) is 2.94. The molecule has 4 aliphatic rings. The summed E-state index contributed by atoms with van der Waals surface area (Å²) in [4.78, 5) is 25.3. The summed E-state index contributed by atoms with van der Waals surface area (Å²) in [5.74, 6) is 0.0636. The third-order valence-electron chi connectivity index (χ3n) is 9.90. The van der Waals surface area contributed by atoms with Crippen LogP contribution in [0.3, 0.4) is 0 Å². The molecule has 0 aromatic heterocycles. The second-order valence-corrected chi connectivity index (χ2v) is 11.2. The number of hydrogen-bond donors (Lipinski definition) is 1. The molecule has 0 amide bonds. The molecule has 0 radical (unpaired) electrons. The van der Waals surface area contributed by atoms with Gasteiger partial charge in [0.1, 0.15) is 6.10 Å². The number of ether oxygens (including phenoxy) is 1. The number of carboxylic acids is 1. The summed E-state index contributed by atoms with van der Waals surface area (Å²) in [6, 6.07) is 9.23. The molecule has 2 bridgehead atoms. The van der Waals surface area contributed by atoms with Crippen LogP contribution in [0, 0.1) is 34.0 Å². The highest BCUT2D eigenvalue weighted by Crippen LogP contribution is 2.72. The number of carboxylic acid groups (broad SMARTS) is 1. The Hall–Kier alpha value is -2.10. The van der Waals surface area contributed by atoms with Crippen molar-refractivity contribution in [2.75, 3.05) is 0 Å². The van der Waals surface area contributed by atoms with E-state index >= 15 is 0 Å². The number of aliphatic carboxylic acids is 1. The fourth-order valence-corrected chi connectivity index (χ4v) is 8.53. The molecule has 0 saturated heterocycles. The molecule has 4 fully saturated rings. The molecular weight excluding hydrogens is 388 g/mol. The lowest BCUT2D eigenvalue weighted by Gasteiger charge is -2.63. The van der Waals surface area contributed by atoms with E-state index in [0.29, 0.717) is 17.4 Å². The molecule has 166 valence electrons. The number of carbonyl (C=O) groups excluding carboxylic acids is 1. The summed E-state index contributed by atoms with van der Waals surface area (Å²) in [7, 11) is 0. The fraction of sp³-hybridized carbons (Fsp3) is 0.630. The van der Waals surface area contributed by atoms with Gasteiger partial charge in [0.15, 0.2) is 0 Å². The van der Waals surface area contributed by atoms with Crippen molar-refractivity contribution in [3.8, 4) is 0 Å². The first kappa shape index (κ1) is 20.8. The molecule has 7 unspecified atom stereocenters. The van der Waals surface area contributed by atoms with Gasteiger partial charge in [-0.05, 0) is 92.7 Å². The van der Waals surface area contributed by atoms with Crippen LogP contribution in [0.5, 0.6) is 0 Å². The quantitative estimate of drug-likeness (QED) is 0.488. The molecular formula is C27H34O4. The Morgan fingerprint density at radius 3 is 2.48 bits per heavy atom.